The molecule has 1 aliphatic carbocycles. The number of amides is 1. The molecule has 0 aromatic carbocycles. The molecule has 1 amide bonds. The van der Waals surface area contributed by atoms with Crippen LogP contribution in [0.2, 0.25) is 0 Å². The van der Waals surface area contributed by atoms with E-state index in [0.717, 1.165) is 47.8 Å². The highest BCUT2D eigenvalue weighted by Crippen LogP contribution is 2.29. The summed E-state index contributed by atoms with van der Waals surface area (Å²) in [5, 5.41) is 13.1. The van der Waals surface area contributed by atoms with E-state index in [-0.39, 0.29) is 18.4 Å². The van der Waals surface area contributed by atoms with E-state index in [2.05, 4.69) is 20.3 Å². The Hall–Kier alpha value is -2.80. The van der Waals surface area contributed by atoms with Gasteiger partial charge in [-0.1, -0.05) is 0 Å². The lowest BCUT2D eigenvalue weighted by molar-refractivity contribution is -0.121. The molecule has 7 nitrogen and oxygen atoms in total. The number of carbonyl (C=O) groups is 1. The van der Waals surface area contributed by atoms with Crippen LogP contribution in [0.1, 0.15) is 25.7 Å². The van der Waals surface area contributed by atoms with Gasteiger partial charge in [0.2, 0.25) is 5.91 Å². The zero-order valence-electron chi connectivity index (χ0n) is 15.3. The third-order valence-electron chi connectivity index (χ3n) is 5.41. The van der Waals surface area contributed by atoms with E-state index >= 15 is 0 Å². The number of aliphatic hydroxyl groups is 1. The van der Waals surface area contributed by atoms with Gasteiger partial charge in [0.05, 0.1) is 29.9 Å². The largest absolute Gasteiger partial charge is 0.396 e. The van der Waals surface area contributed by atoms with Crippen LogP contribution in [0.25, 0.3) is 22.2 Å². The van der Waals surface area contributed by atoms with Crippen molar-refractivity contribution in [3.8, 4) is 11.3 Å². The average molecular weight is 365 g/mol. The van der Waals surface area contributed by atoms with Crippen LogP contribution in [0.4, 0.5) is 5.82 Å². The van der Waals surface area contributed by atoms with E-state index in [1.165, 1.54) is 0 Å². The van der Waals surface area contributed by atoms with Gasteiger partial charge in [-0.25, -0.2) is 9.97 Å². The first kappa shape index (κ1) is 17.6. The second kappa shape index (κ2) is 7.44. The van der Waals surface area contributed by atoms with Gasteiger partial charge in [0, 0.05) is 36.7 Å². The predicted octanol–water partition coefficient (Wildman–Crippen LogP) is 2.77. The Labute approximate surface area is 157 Å². The number of aryl methyl sites for hydroxylation is 1. The molecule has 1 fully saturated rings. The van der Waals surface area contributed by atoms with E-state index < -0.39 is 0 Å². The highest BCUT2D eigenvalue weighted by atomic mass is 16.3. The highest BCUT2D eigenvalue weighted by Gasteiger charge is 2.26. The molecule has 2 N–H and O–H groups in total. The van der Waals surface area contributed by atoms with Gasteiger partial charge in [0.1, 0.15) is 5.82 Å². The Morgan fingerprint density at radius 2 is 2.00 bits per heavy atom. The van der Waals surface area contributed by atoms with E-state index in [9.17, 15) is 9.90 Å². The normalized spacial score (nSPS) is 19.9. The topological polar surface area (TPSA) is 92.9 Å². The van der Waals surface area contributed by atoms with Gasteiger partial charge in [0.25, 0.3) is 0 Å². The predicted molar refractivity (Wildman–Crippen MR) is 103 cm³/mol. The minimum atomic E-state index is -0.0100. The van der Waals surface area contributed by atoms with Crippen LogP contribution < -0.4 is 5.32 Å². The molecule has 3 heterocycles. The number of imidazole rings is 1. The zero-order chi connectivity index (χ0) is 18.8. The molecule has 0 bridgehead atoms. The summed E-state index contributed by atoms with van der Waals surface area (Å²) in [4.78, 5) is 25.5. The molecular weight excluding hydrogens is 342 g/mol. The fraction of sp³-hybridized carbons (Fsp3) is 0.400. The van der Waals surface area contributed by atoms with Crippen LogP contribution in [0.15, 0.2) is 37.1 Å². The lowest BCUT2D eigenvalue weighted by Crippen LogP contribution is -2.28. The molecule has 3 aromatic heterocycles. The Morgan fingerprint density at radius 3 is 2.70 bits per heavy atom. The first-order valence-electron chi connectivity index (χ1n) is 9.28. The number of hydrogen-bond donors (Lipinski definition) is 2. The summed E-state index contributed by atoms with van der Waals surface area (Å²) in [6.07, 6.45) is 10.5. The number of aromatic nitrogens is 4. The van der Waals surface area contributed by atoms with Crippen LogP contribution in [0.5, 0.6) is 0 Å². The second-order valence-electron chi connectivity index (χ2n) is 7.27. The number of nitrogens with zero attached hydrogens (tertiary/aromatic N) is 4. The van der Waals surface area contributed by atoms with Crippen LogP contribution in [-0.4, -0.2) is 37.1 Å². The highest BCUT2D eigenvalue weighted by molar-refractivity contribution is 5.94. The van der Waals surface area contributed by atoms with Crippen molar-refractivity contribution < 1.29 is 9.90 Å². The van der Waals surface area contributed by atoms with Crippen molar-refractivity contribution in [2.45, 2.75) is 25.7 Å². The van der Waals surface area contributed by atoms with Crippen molar-refractivity contribution in [2.24, 2.45) is 18.9 Å². The molecule has 27 heavy (non-hydrogen) atoms. The molecule has 0 unspecified atom stereocenters. The number of rotatable bonds is 4. The van der Waals surface area contributed by atoms with Gasteiger partial charge in [-0.2, -0.15) is 0 Å². The maximum atomic E-state index is 12.6. The SMILES string of the molecule is Cn1cncc1-c1cnc2cnc(NC(=O)C3CCC(CO)CC3)cc2c1. The van der Waals surface area contributed by atoms with Crippen LogP contribution in [-0.2, 0) is 11.8 Å². The van der Waals surface area contributed by atoms with Crippen molar-refractivity contribution in [1.29, 1.82) is 0 Å². The molecule has 0 atom stereocenters. The van der Waals surface area contributed by atoms with Crippen LogP contribution >= 0.6 is 0 Å². The smallest absolute Gasteiger partial charge is 0.228 e. The molecular formula is C20H23N5O2. The van der Waals surface area contributed by atoms with Gasteiger partial charge in [-0.3, -0.25) is 9.78 Å². The van der Waals surface area contributed by atoms with Gasteiger partial charge in [-0.05, 0) is 43.7 Å². The number of pyridine rings is 2. The fourth-order valence-corrected chi connectivity index (χ4v) is 3.71. The number of hydrogen-bond acceptors (Lipinski definition) is 5. The van der Waals surface area contributed by atoms with Crippen LogP contribution in [0.3, 0.4) is 0 Å². The summed E-state index contributed by atoms with van der Waals surface area (Å²) in [7, 11) is 1.94. The van der Waals surface area contributed by atoms with Gasteiger partial charge in [0.15, 0.2) is 0 Å². The van der Waals surface area contributed by atoms with Crippen molar-refractivity contribution in [1.82, 2.24) is 19.5 Å². The summed E-state index contributed by atoms with van der Waals surface area (Å²) in [6, 6.07) is 3.89. The summed E-state index contributed by atoms with van der Waals surface area (Å²) in [5.74, 6) is 0.878. The molecule has 7 heteroatoms. The van der Waals surface area contributed by atoms with E-state index in [1.807, 2.05) is 23.7 Å². The van der Waals surface area contributed by atoms with Crippen molar-refractivity contribution in [2.75, 3.05) is 11.9 Å². The Bertz CT molecular complexity index is 960. The molecule has 1 aliphatic rings. The van der Waals surface area contributed by atoms with Crippen LogP contribution in [0, 0.1) is 11.8 Å². The average Bonchev–Trinajstić information content (AvgIpc) is 3.13. The molecule has 0 spiro atoms. The van der Waals surface area contributed by atoms with Crippen molar-refractivity contribution >= 4 is 22.6 Å². The monoisotopic (exact) mass is 365 g/mol. The zero-order valence-corrected chi connectivity index (χ0v) is 15.3. The Morgan fingerprint density at radius 1 is 1.19 bits per heavy atom. The number of fused-ring (bicyclic) bond motifs is 1. The summed E-state index contributed by atoms with van der Waals surface area (Å²) in [5.41, 5.74) is 2.73. The lowest BCUT2D eigenvalue weighted by Gasteiger charge is -2.26. The molecule has 0 saturated heterocycles. The Kier molecular flexibility index (Phi) is 4.85. The maximum Gasteiger partial charge on any atom is 0.228 e. The quantitative estimate of drug-likeness (QED) is 0.742. The molecule has 3 aromatic rings. The minimum absolute atomic E-state index is 0.00832. The second-order valence-corrected chi connectivity index (χ2v) is 7.27. The first-order valence-corrected chi connectivity index (χ1v) is 9.28. The Balaban J connectivity index is 1.52. The van der Waals surface area contributed by atoms with Gasteiger partial charge >= 0.3 is 0 Å². The standard InChI is InChI=1S/C20H23N5O2/c1-25-12-21-10-18(25)16-6-15-7-19(23-9-17(15)22-8-16)24-20(27)14-4-2-13(11-26)3-5-14/h6-10,12-14,26H,2-5,11H2,1H3,(H,23,24,27). The fourth-order valence-electron chi connectivity index (χ4n) is 3.71. The summed E-state index contributed by atoms with van der Waals surface area (Å²) < 4.78 is 1.94. The number of nitrogens with one attached hydrogen (secondary N) is 1. The summed E-state index contributed by atoms with van der Waals surface area (Å²) >= 11 is 0. The number of aliphatic hydroxyl groups excluding tert-OH is 1. The minimum Gasteiger partial charge on any atom is -0.396 e. The summed E-state index contributed by atoms with van der Waals surface area (Å²) in [6.45, 7) is 0.215. The van der Waals surface area contributed by atoms with Gasteiger partial charge in [-0.15, -0.1) is 0 Å². The van der Waals surface area contributed by atoms with Crippen molar-refractivity contribution in [3.63, 3.8) is 0 Å². The number of carbonyl (C=O) groups excluding carboxylic acids is 1. The molecule has 140 valence electrons. The maximum absolute atomic E-state index is 12.6. The molecule has 4 rings (SSSR count). The lowest BCUT2D eigenvalue weighted by atomic mass is 9.82. The van der Waals surface area contributed by atoms with Gasteiger partial charge < -0.3 is 15.0 Å². The molecule has 0 radical (unpaired) electrons. The molecule has 0 aliphatic heterocycles. The number of anilines is 1. The third-order valence-corrected chi connectivity index (χ3v) is 5.41. The molecule has 1 saturated carbocycles. The van der Waals surface area contributed by atoms with E-state index in [1.54, 1.807) is 24.9 Å². The van der Waals surface area contributed by atoms with Crippen molar-refractivity contribution in [3.05, 3.63) is 37.1 Å². The first-order chi connectivity index (χ1) is 13.1. The third kappa shape index (κ3) is 3.68. The van der Waals surface area contributed by atoms with E-state index in [4.69, 9.17) is 0 Å². The van der Waals surface area contributed by atoms with E-state index in [0.29, 0.717) is 11.7 Å².